The third kappa shape index (κ3) is 4.78. The van der Waals surface area contributed by atoms with E-state index in [1.165, 1.54) is 10.7 Å². The zero-order valence-corrected chi connectivity index (χ0v) is 19.1. The molecule has 1 spiro atoms. The molecule has 8 nitrogen and oxygen atoms in total. The molecular formula is C23H26ClFN6O2. The molecule has 1 aromatic carbocycles. The highest BCUT2D eigenvalue weighted by atomic mass is 35.5. The van der Waals surface area contributed by atoms with Gasteiger partial charge in [-0.1, -0.05) is 12.1 Å². The van der Waals surface area contributed by atoms with Crippen LogP contribution in [0.4, 0.5) is 20.7 Å². The van der Waals surface area contributed by atoms with Crippen molar-refractivity contribution in [3.63, 3.8) is 0 Å². The molecule has 0 atom stereocenters. The first-order valence-electron chi connectivity index (χ1n) is 10.8. The minimum Gasteiger partial charge on any atom is -0.441 e. The van der Waals surface area contributed by atoms with E-state index >= 15 is 0 Å². The van der Waals surface area contributed by atoms with Crippen LogP contribution in [0.2, 0.25) is 0 Å². The SMILES string of the molecule is Cc1ncc(N2C[C@]3(CC[C@@H](CNc4ccn(-c5ccccc5F)n4)CC3)OC2=O)cn1.Cl. The van der Waals surface area contributed by atoms with Crippen molar-refractivity contribution in [2.24, 2.45) is 5.92 Å². The minimum absolute atomic E-state index is 0. The average molecular weight is 473 g/mol. The number of carbonyl (C=O) groups is 1. The van der Waals surface area contributed by atoms with E-state index in [-0.39, 0.29) is 24.3 Å². The second kappa shape index (κ2) is 9.35. The fraction of sp³-hybridized carbons (Fsp3) is 0.391. The van der Waals surface area contributed by atoms with Gasteiger partial charge in [-0.25, -0.2) is 23.8 Å². The Labute approximate surface area is 197 Å². The predicted octanol–water partition coefficient (Wildman–Crippen LogP) is 4.53. The van der Waals surface area contributed by atoms with Gasteiger partial charge in [0.1, 0.15) is 28.7 Å². The largest absolute Gasteiger partial charge is 0.441 e. The van der Waals surface area contributed by atoms with Crippen molar-refractivity contribution in [1.82, 2.24) is 19.7 Å². The van der Waals surface area contributed by atoms with Crippen LogP contribution in [-0.4, -0.2) is 44.5 Å². The Kier molecular flexibility index (Phi) is 6.51. The molecule has 33 heavy (non-hydrogen) atoms. The standard InChI is InChI=1S/C23H25FN6O2.ClH/c1-16-25-13-18(14-26-16)29-15-23(32-22(29)31)9-6-17(7-10-23)12-27-21-8-11-30(28-21)20-5-3-2-4-19(20)24;/h2-5,8,11,13-14,17H,6-7,9-10,12,15H2,1H3,(H,27,28);1H/t17-,23-;. The lowest BCUT2D eigenvalue weighted by atomic mass is 9.78. The normalized spacial score (nSPS) is 22.2. The molecule has 3 heterocycles. The maximum Gasteiger partial charge on any atom is 0.415 e. The highest BCUT2D eigenvalue weighted by molar-refractivity contribution is 5.89. The van der Waals surface area contributed by atoms with Gasteiger partial charge in [-0.05, 0) is 50.7 Å². The number of hydrogen-bond donors (Lipinski definition) is 1. The first-order chi connectivity index (χ1) is 15.5. The van der Waals surface area contributed by atoms with Gasteiger partial charge in [0.05, 0.1) is 24.6 Å². The second-order valence-electron chi connectivity index (χ2n) is 8.55. The number of halogens is 2. The molecule has 2 aliphatic rings. The van der Waals surface area contributed by atoms with Crippen LogP contribution in [0, 0.1) is 18.7 Å². The number of hydrogen-bond acceptors (Lipinski definition) is 6. The first kappa shape index (κ1) is 23.0. The van der Waals surface area contributed by atoms with E-state index in [0.717, 1.165) is 32.2 Å². The third-order valence-electron chi connectivity index (χ3n) is 6.33. The summed E-state index contributed by atoms with van der Waals surface area (Å²) in [6.07, 6.45) is 8.29. The summed E-state index contributed by atoms with van der Waals surface area (Å²) in [7, 11) is 0. The van der Waals surface area contributed by atoms with Crippen molar-refractivity contribution in [3.8, 4) is 5.69 Å². The molecule has 3 aromatic rings. The summed E-state index contributed by atoms with van der Waals surface area (Å²) in [5.41, 5.74) is 0.656. The number of aryl methyl sites for hydroxylation is 1. The van der Waals surface area contributed by atoms with Gasteiger partial charge in [-0.2, -0.15) is 5.10 Å². The molecule has 0 unspecified atom stereocenters. The number of nitrogens with zero attached hydrogens (tertiary/aromatic N) is 5. The molecule has 2 aromatic heterocycles. The second-order valence-corrected chi connectivity index (χ2v) is 8.55. The molecule has 174 valence electrons. The smallest absolute Gasteiger partial charge is 0.415 e. The van der Waals surface area contributed by atoms with Gasteiger partial charge >= 0.3 is 6.09 Å². The fourth-order valence-electron chi connectivity index (χ4n) is 4.45. The van der Waals surface area contributed by atoms with Crippen LogP contribution >= 0.6 is 12.4 Å². The van der Waals surface area contributed by atoms with Gasteiger partial charge in [0.2, 0.25) is 0 Å². The molecule has 1 saturated carbocycles. The average Bonchev–Trinajstić information content (AvgIpc) is 3.39. The Morgan fingerprint density at radius 1 is 1.18 bits per heavy atom. The van der Waals surface area contributed by atoms with Gasteiger partial charge in [-0.15, -0.1) is 12.4 Å². The predicted molar refractivity (Wildman–Crippen MR) is 125 cm³/mol. The summed E-state index contributed by atoms with van der Waals surface area (Å²) >= 11 is 0. The van der Waals surface area contributed by atoms with E-state index in [1.54, 1.807) is 41.7 Å². The Morgan fingerprint density at radius 3 is 2.64 bits per heavy atom. The van der Waals surface area contributed by atoms with Crippen LogP contribution in [0.25, 0.3) is 5.69 Å². The van der Waals surface area contributed by atoms with Gasteiger partial charge in [0.25, 0.3) is 0 Å². The summed E-state index contributed by atoms with van der Waals surface area (Å²) in [5.74, 6) is 1.53. The highest BCUT2D eigenvalue weighted by Crippen LogP contribution is 2.40. The molecule has 0 bridgehead atoms. The van der Waals surface area contributed by atoms with Crippen molar-refractivity contribution < 1.29 is 13.9 Å². The Bertz CT molecular complexity index is 1110. The molecule has 5 rings (SSSR count). The van der Waals surface area contributed by atoms with Crippen molar-refractivity contribution in [3.05, 3.63) is 60.6 Å². The summed E-state index contributed by atoms with van der Waals surface area (Å²) < 4.78 is 21.3. The van der Waals surface area contributed by atoms with Crippen LogP contribution in [0.15, 0.2) is 48.9 Å². The van der Waals surface area contributed by atoms with E-state index < -0.39 is 5.60 Å². The van der Waals surface area contributed by atoms with Crippen LogP contribution in [0.1, 0.15) is 31.5 Å². The number of anilines is 2. The van der Waals surface area contributed by atoms with E-state index in [2.05, 4.69) is 20.4 Å². The van der Waals surface area contributed by atoms with Crippen LogP contribution < -0.4 is 10.2 Å². The highest BCUT2D eigenvalue weighted by Gasteiger charge is 2.47. The number of rotatable bonds is 5. The summed E-state index contributed by atoms with van der Waals surface area (Å²) in [6, 6.07) is 8.41. The zero-order valence-electron chi connectivity index (χ0n) is 18.3. The number of nitrogens with one attached hydrogen (secondary N) is 1. The van der Waals surface area contributed by atoms with Gasteiger partial charge in [0, 0.05) is 18.8 Å². The van der Waals surface area contributed by atoms with Gasteiger partial charge in [-0.3, -0.25) is 4.90 Å². The summed E-state index contributed by atoms with van der Waals surface area (Å²) in [4.78, 5) is 22.5. The maximum absolute atomic E-state index is 14.0. The lowest BCUT2D eigenvalue weighted by Gasteiger charge is -2.35. The van der Waals surface area contributed by atoms with Crippen LogP contribution in [-0.2, 0) is 4.74 Å². The summed E-state index contributed by atoms with van der Waals surface area (Å²) in [6.45, 7) is 3.12. The lowest BCUT2D eigenvalue weighted by molar-refractivity contribution is 0.0148. The molecule has 2 fully saturated rings. The number of benzene rings is 1. The minimum atomic E-state index is -0.440. The zero-order chi connectivity index (χ0) is 22.1. The number of para-hydroxylation sites is 1. The monoisotopic (exact) mass is 472 g/mol. The van der Waals surface area contributed by atoms with Crippen molar-refractivity contribution in [2.45, 2.75) is 38.2 Å². The number of aromatic nitrogens is 4. The van der Waals surface area contributed by atoms with Crippen molar-refractivity contribution >= 4 is 30.0 Å². The van der Waals surface area contributed by atoms with E-state index in [9.17, 15) is 9.18 Å². The topological polar surface area (TPSA) is 85.2 Å². The van der Waals surface area contributed by atoms with E-state index in [4.69, 9.17) is 4.74 Å². The van der Waals surface area contributed by atoms with Gasteiger partial charge < -0.3 is 10.1 Å². The molecule has 10 heteroatoms. The molecule has 0 radical (unpaired) electrons. The van der Waals surface area contributed by atoms with E-state index in [0.29, 0.717) is 35.5 Å². The number of amides is 1. The summed E-state index contributed by atoms with van der Waals surface area (Å²) in [5, 5.41) is 7.80. The Balaban J connectivity index is 0.00000259. The first-order valence-corrected chi connectivity index (χ1v) is 10.8. The van der Waals surface area contributed by atoms with Crippen molar-refractivity contribution in [2.75, 3.05) is 23.3 Å². The van der Waals surface area contributed by atoms with Gasteiger partial charge in [0.15, 0.2) is 0 Å². The van der Waals surface area contributed by atoms with Crippen LogP contribution in [0.3, 0.4) is 0 Å². The molecule has 1 N–H and O–H groups in total. The lowest BCUT2D eigenvalue weighted by Crippen LogP contribution is -2.39. The Morgan fingerprint density at radius 2 is 1.91 bits per heavy atom. The Hall–Kier alpha value is -3.20. The molecular weight excluding hydrogens is 447 g/mol. The molecule has 1 aliphatic carbocycles. The van der Waals surface area contributed by atoms with Crippen LogP contribution in [0.5, 0.6) is 0 Å². The molecule has 1 aliphatic heterocycles. The fourth-order valence-corrected chi connectivity index (χ4v) is 4.45. The maximum atomic E-state index is 14.0. The molecule has 1 amide bonds. The number of carbonyl (C=O) groups excluding carboxylic acids is 1. The van der Waals surface area contributed by atoms with E-state index in [1.807, 2.05) is 13.0 Å². The quantitative estimate of drug-likeness (QED) is 0.587. The number of ether oxygens (including phenoxy) is 1. The van der Waals surface area contributed by atoms with Crippen molar-refractivity contribution in [1.29, 1.82) is 0 Å². The molecule has 1 saturated heterocycles. The third-order valence-corrected chi connectivity index (χ3v) is 6.33.